The van der Waals surface area contributed by atoms with Crippen LogP contribution in [0.25, 0.3) is 0 Å². The first-order valence-electron chi connectivity index (χ1n) is 6.38. The van der Waals surface area contributed by atoms with Crippen molar-refractivity contribution in [2.75, 3.05) is 13.7 Å². The first kappa shape index (κ1) is 16.6. The molecule has 0 unspecified atom stereocenters. The first-order chi connectivity index (χ1) is 9.86. The van der Waals surface area contributed by atoms with Gasteiger partial charge in [0, 0.05) is 13.0 Å². The number of ether oxygens (including phenoxy) is 1. The molecule has 21 heavy (non-hydrogen) atoms. The second-order valence-electron chi connectivity index (χ2n) is 4.46. The summed E-state index contributed by atoms with van der Waals surface area (Å²) in [7, 11) is 1.30. The molecule has 0 saturated carbocycles. The highest BCUT2D eigenvalue weighted by molar-refractivity contribution is 5.76. The van der Waals surface area contributed by atoms with Gasteiger partial charge in [-0.2, -0.15) is 5.10 Å². The van der Waals surface area contributed by atoms with Gasteiger partial charge in [0.25, 0.3) is 0 Å². The van der Waals surface area contributed by atoms with Crippen LogP contribution in [0.5, 0.6) is 0 Å². The molecule has 1 aromatic heterocycles. The van der Waals surface area contributed by atoms with E-state index in [9.17, 15) is 19.7 Å². The monoisotopic (exact) mass is 298 g/mol. The van der Waals surface area contributed by atoms with E-state index in [2.05, 4.69) is 15.2 Å². The summed E-state index contributed by atoms with van der Waals surface area (Å²) in [5, 5.41) is 17.5. The highest BCUT2D eigenvalue weighted by Crippen LogP contribution is 2.21. The number of rotatable bonds is 7. The standard InChI is InChI=1S/C12H18N4O5/c1-8-12(16(19)20)9(2)15(14-8)7-10(17)13-6-4-5-11(18)21-3/h4-7H2,1-3H3,(H,13,17). The third kappa shape index (κ3) is 4.55. The number of hydrogen-bond donors (Lipinski definition) is 1. The number of nitro groups is 1. The molecule has 1 aromatic rings. The van der Waals surface area contributed by atoms with Gasteiger partial charge in [-0.25, -0.2) is 0 Å². The van der Waals surface area contributed by atoms with Crippen LogP contribution in [0.2, 0.25) is 0 Å². The molecule has 0 aromatic carbocycles. The summed E-state index contributed by atoms with van der Waals surface area (Å²) >= 11 is 0. The van der Waals surface area contributed by atoms with Crippen molar-refractivity contribution in [2.24, 2.45) is 0 Å². The fourth-order valence-corrected chi connectivity index (χ4v) is 1.86. The molecule has 0 saturated heterocycles. The SMILES string of the molecule is COC(=O)CCCNC(=O)Cn1nc(C)c([N+](=O)[O-])c1C. The van der Waals surface area contributed by atoms with Gasteiger partial charge < -0.3 is 10.1 Å². The summed E-state index contributed by atoms with van der Waals surface area (Å²) in [5.74, 6) is -0.654. The Balaban J connectivity index is 2.50. The molecule has 1 amide bonds. The molecule has 0 bridgehead atoms. The van der Waals surface area contributed by atoms with Gasteiger partial charge >= 0.3 is 11.7 Å². The van der Waals surface area contributed by atoms with Gasteiger partial charge in [0.2, 0.25) is 5.91 Å². The Bertz CT molecular complexity index is 552. The second kappa shape index (κ2) is 7.36. The van der Waals surface area contributed by atoms with Gasteiger partial charge in [-0.05, 0) is 20.3 Å². The summed E-state index contributed by atoms with van der Waals surface area (Å²) in [6, 6.07) is 0. The summed E-state index contributed by atoms with van der Waals surface area (Å²) in [6.45, 7) is 3.30. The summed E-state index contributed by atoms with van der Waals surface area (Å²) in [4.78, 5) is 32.9. The Labute approximate surface area is 121 Å². The Kier molecular flexibility index (Phi) is 5.82. The van der Waals surface area contributed by atoms with E-state index in [1.807, 2.05) is 0 Å². The van der Waals surface area contributed by atoms with Crippen molar-refractivity contribution >= 4 is 17.6 Å². The van der Waals surface area contributed by atoms with E-state index in [4.69, 9.17) is 0 Å². The van der Waals surface area contributed by atoms with Crippen LogP contribution < -0.4 is 5.32 Å². The van der Waals surface area contributed by atoms with Crippen molar-refractivity contribution in [1.29, 1.82) is 0 Å². The molecular formula is C12H18N4O5. The number of esters is 1. The van der Waals surface area contributed by atoms with E-state index in [1.165, 1.54) is 18.7 Å². The highest BCUT2D eigenvalue weighted by atomic mass is 16.6. The molecule has 1 rings (SSSR count). The van der Waals surface area contributed by atoms with Gasteiger partial charge in [0.1, 0.15) is 17.9 Å². The average Bonchev–Trinajstić information content (AvgIpc) is 2.69. The number of methoxy groups -OCH3 is 1. The Morgan fingerprint density at radius 1 is 1.43 bits per heavy atom. The van der Waals surface area contributed by atoms with E-state index in [0.717, 1.165) is 0 Å². The van der Waals surface area contributed by atoms with Crippen LogP contribution >= 0.6 is 0 Å². The molecule has 9 heteroatoms. The third-order valence-corrected chi connectivity index (χ3v) is 2.93. The molecule has 0 radical (unpaired) electrons. The third-order valence-electron chi connectivity index (χ3n) is 2.93. The maximum absolute atomic E-state index is 11.7. The predicted octanol–water partition coefficient (Wildman–Crippen LogP) is 0.478. The van der Waals surface area contributed by atoms with Crippen molar-refractivity contribution in [1.82, 2.24) is 15.1 Å². The van der Waals surface area contributed by atoms with E-state index in [1.54, 1.807) is 6.92 Å². The smallest absolute Gasteiger partial charge is 0.312 e. The van der Waals surface area contributed by atoms with Crippen molar-refractivity contribution in [3.05, 3.63) is 21.5 Å². The lowest BCUT2D eigenvalue weighted by Crippen LogP contribution is -2.29. The van der Waals surface area contributed by atoms with Gasteiger partial charge in [-0.15, -0.1) is 0 Å². The van der Waals surface area contributed by atoms with Gasteiger partial charge in [-0.1, -0.05) is 0 Å². The minimum Gasteiger partial charge on any atom is -0.469 e. The minimum absolute atomic E-state index is 0.0755. The van der Waals surface area contributed by atoms with Gasteiger partial charge in [-0.3, -0.25) is 24.4 Å². The molecular weight excluding hydrogens is 280 g/mol. The average molecular weight is 298 g/mol. The number of aromatic nitrogens is 2. The maximum atomic E-state index is 11.7. The van der Waals surface area contributed by atoms with E-state index in [-0.39, 0.29) is 36.2 Å². The van der Waals surface area contributed by atoms with Crippen molar-refractivity contribution in [3.8, 4) is 0 Å². The zero-order valence-electron chi connectivity index (χ0n) is 12.2. The molecule has 116 valence electrons. The zero-order valence-corrected chi connectivity index (χ0v) is 12.2. The number of amides is 1. The van der Waals surface area contributed by atoms with E-state index in [0.29, 0.717) is 18.7 Å². The second-order valence-corrected chi connectivity index (χ2v) is 4.46. The Morgan fingerprint density at radius 2 is 2.10 bits per heavy atom. The Hall–Kier alpha value is -2.45. The van der Waals surface area contributed by atoms with Crippen molar-refractivity contribution in [2.45, 2.75) is 33.2 Å². The van der Waals surface area contributed by atoms with E-state index < -0.39 is 4.92 Å². The van der Waals surface area contributed by atoms with Gasteiger partial charge in [0.05, 0.1) is 12.0 Å². The quantitative estimate of drug-likeness (QED) is 0.338. The predicted molar refractivity (Wildman–Crippen MR) is 72.6 cm³/mol. The van der Waals surface area contributed by atoms with Crippen LogP contribution in [0.3, 0.4) is 0 Å². The topological polar surface area (TPSA) is 116 Å². The lowest BCUT2D eigenvalue weighted by atomic mass is 10.3. The molecule has 0 aliphatic heterocycles. The fraction of sp³-hybridized carbons (Fsp3) is 0.583. The number of aryl methyl sites for hydroxylation is 1. The molecule has 1 N–H and O–H groups in total. The summed E-state index contributed by atoms with van der Waals surface area (Å²) in [5.41, 5.74) is 0.534. The van der Waals surface area contributed by atoms with Crippen molar-refractivity contribution in [3.63, 3.8) is 0 Å². The molecule has 1 heterocycles. The lowest BCUT2D eigenvalue weighted by molar-refractivity contribution is -0.386. The van der Waals surface area contributed by atoms with Gasteiger partial charge in [0.15, 0.2) is 0 Å². The molecule has 0 aliphatic carbocycles. The first-order valence-corrected chi connectivity index (χ1v) is 6.38. The highest BCUT2D eigenvalue weighted by Gasteiger charge is 2.22. The minimum atomic E-state index is -0.511. The molecule has 0 aliphatic rings. The van der Waals surface area contributed by atoms with Crippen LogP contribution in [0, 0.1) is 24.0 Å². The van der Waals surface area contributed by atoms with Crippen LogP contribution in [-0.2, 0) is 20.9 Å². The number of carbonyl (C=O) groups is 2. The fourth-order valence-electron chi connectivity index (χ4n) is 1.86. The molecule has 0 fully saturated rings. The largest absolute Gasteiger partial charge is 0.469 e. The summed E-state index contributed by atoms with van der Waals surface area (Å²) < 4.78 is 5.77. The normalized spacial score (nSPS) is 10.2. The number of carbonyl (C=O) groups excluding carboxylic acids is 2. The summed E-state index contributed by atoms with van der Waals surface area (Å²) in [6.07, 6.45) is 0.692. The number of nitrogens with zero attached hydrogens (tertiary/aromatic N) is 3. The van der Waals surface area contributed by atoms with Crippen LogP contribution in [0.1, 0.15) is 24.2 Å². The van der Waals surface area contributed by atoms with Crippen LogP contribution in [0.15, 0.2) is 0 Å². The van der Waals surface area contributed by atoms with Crippen molar-refractivity contribution < 1.29 is 19.2 Å². The lowest BCUT2D eigenvalue weighted by Gasteiger charge is -2.06. The zero-order chi connectivity index (χ0) is 16.0. The van der Waals surface area contributed by atoms with Crippen LogP contribution in [-0.4, -0.2) is 40.2 Å². The van der Waals surface area contributed by atoms with E-state index >= 15 is 0 Å². The van der Waals surface area contributed by atoms with Crippen LogP contribution in [0.4, 0.5) is 5.69 Å². The Morgan fingerprint density at radius 3 is 2.62 bits per heavy atom. The maximum Gasteiger partial charge on any atom is 0.312 e. The molecule has 0 atom stereocenters. The number of hydrogen-bond acceptors (Lipinski definition) is 6. The molecule has 0 spiro atoms. The molecule has 9 nitrogen and oxygen atoms in total. The number of nitrogens with one attached hydrogen (secondary N) is 1.